The third-order valence-electron chi connectivity index (χ3n) is 4.30. The number of hydrogen-bond donors (Lipinski definition) is 2. The summed E-state index contributed by atoms with van der Waals surface area (Å²) in [5, 5.41) is 7.10. The standard InChI is InChI=1S/C16H31N3O2/c1-16(2,3)21-15(20)19-10-6-14(7-11-19)18-12-13-4-8-17-9-5-13/h13-14,17-18H,4-12H2,1-3H3. The first-order valence-corrected chi connectivity index (χ1v) is 8.36. The van der Waals surface area contributed by atoms with Crippen LogP contribution in [0.5, 0.6) is 0 Å². The van der Waals surface area contributed by atoms with Crippen LogP contribution in [-0.2, 0) is 4.74 Å². The van der Waals surface area contributed by atoms with E-state index in [9.17, 15) is 4.79 Å². The second-order valence-corrected chi connectivity index (χ2v) is 7.34. The number of rotatable bonds is 3. The van der Waals surface area contributed by atoms with Crippen molar-refractivity contribution in [2.45, 2.75) is 58.1 Å². The zero-order chi connectivity index (χ0) is 15.3. The summed E-state index contributed by atoms with van der Waals surface area (Å²) in [7, 11) is 0. The molecule has 0 saturated carbocycles. The number of piperidine rings is 2. The highest BCUT2D eigenvalue weighted by Crippen LogP contribution is 2.16. The van der Waals surface area contributed by atoms with Gasteiger partial charge in [0.2, 0.25) is 0 Å². The molecule has 122 valence electrons. The van der Waals surface area contributed by atoms with Crippen molar-refractivity contribution in [3.05, 3.63) is 0 Å². The highest BCUT2D eigenvalue weighted by Gasteiger charge is 2.27. The third-order valence-corrected chi connectivity index (χ3v) is 4.30. The van der Waals surface area contributed by atoms with E-state index in [1.54, 1.807) is 0 Å². The molecule has 5 heteroatoms. The summed E-state index contributed by atoms with van der Waals surface area (Å²) < 4.78 is 5.43. The van der Waals surface area contributed by atoms with Gasteiger partial charge < -0.3 is 20.3 Å². The smallest absolute Gasteiger partial charge is 0.410 e. The molecule has 2 aliphatic rings. The second-order valence-electron chi connectivity index (χ2n) is 7.34. The van der Waals surface area contributed by atoms with Crippen molar-refractivity contribution in [3.63, 3.8) is 0 Å². The Morgan fingerprint density at radius 1 is 1.19 bits per heavy atom. The molecule has 0 aromatic carbocycles. The molecule has 2 saturated heterocycles. The quantitative estimate of drug-likeness (QED) is 0.836. The van der Waals surface area contributed by atoms with Crippen LogP contribution in [-0.4, -0.2) is 55.4 Å². The number of nitrogens with one attached hydrogen (secondary N) is 2. The van der Waals surface area contributed by atoms with Gasteiger partial charge in [0.05, 0.1) is 0 Å². The Balaban J connectivity index is 1.64. The molecule has 5 nitrogen and oxygen atoms in total. The summed E-state index contributed by atoms with van der Waals surface area (Å²) in [5.74, 6) is 0.815. The van der Waals surface area contributed by atoms with Gasteiger partial charge in [0.15, 0.2) is 0 Å². The van der Waals surface area contributed by atoms with Gasteiger partial charge >= 0.3 is 6.09 Å². The summed E-state index contributed by atoms with van der Waals surface area (Å²) in [6, 6.07) is 0.554. The minimum Gasteiger partial charge on any atom is -0.444 e. The predicted molar refractivity (Wildman–Crippen MR) is 84.4 cm³/mol. The summed E-state index contributed by atoms with van der Waals surface area (Å²) >= 11 is 0. The third kappa shape index (κ3) is 5.83. The van der Waals surface area contributed by atoms with Gasteiger partial charge in [-0.3, -0.25) is 0 Å². The average molecular weight is 297 g/mol. The van der Waals surface area contributed by atoms with Crippen molar-refractivity contribution >= 4 is 6.09 Å². The molecular formula is C16H31N3O2. The molecule has 2 rings (SSSR count). The minimum absolute atomic E-state index is 0.167. The Kier molecular flexibility index (Phi) is 5.88. The van der Waals surface area contributed by atoms with Gasteiger partial charge in [0, 0.05) is 19.1 Å². The van der Waals surface area contributed by atoms with Crippen molar-refractivity contribution in [1.29, 1.82) is 0 Å². The van der Waals surface area contributed by atoms with E-state index < -0.39 is 5.60 Å². The fourth-order valence-electron chi connectivity index (χ4n) is 3.01. The highest BCUT2D eigenvalue weighted by molar-refractivity contribution is 5.68. The Bertz CT molecular complexity index is 327. The summed E-state index contributed by atoms with van der Waals surface area (Å²) in [5.41, 5.74) is -0.402. The number of carbonyl (C=O) groups excluding carboxylic acids is 1. The van der Waals surface area contributed by atoms with Crippen LogP contribution in [0.1, 0.15) is 46.5 Å². The van der Waals surface area contributed by atoms with Crippen molar-refractivity contribution in [2.24, 2.45) is 5.92 Å². The van der Waals surface area contributed by atoms with E-state index in [0.717, 1.165) is 51.5 Å². The first kappa shape index (κ1) is 16.6. The normalized spacial score (nSPS) is 22.3. The summed E-state index contributed by atoms with van der Waals surface area (Å²) in [4.78, 5) is 13.8. The van der Waals surface area contributed by atoms with E-state index in [4.69, 9.17) is 4.74 Å². The maximum absolute atomic E-state index is 12.0. The first-order chi connectivity index (χ1) is 9.94. The van der Waals surface area contributed by atoms with Crippen LogP contribution in [0.3, 0.4) is 0 Å². The average Bonchev–Trinajstić information content (AvgIpc) is 2.45. The molecular weight excluding hydrogens is 266 g/mol. The van der Waals surface area contributed by atoms with Gasteiger partial charge in [0.1, 0.15) is 5.60 Å². The van der Waals surface area contributed by atoms with Crippen LogP contribution in [0.4, 0.5) is 4.79 Å². The van der Waals surface area contributed by atoms with Gasteiger partial charge in [-0.05, 0) is 72.0 Å². The van der Waals surface area contributed by atoms with Gasteiger partial charge in [-0.15, -0.1) is 0 Å². The molecule has 0 spiro atoms. The molecule has 2 fully saturated rings. The molecule has 1 amide bonds. The van der Waals surface area contributed by atoms with E-state index in [-0.39, 0.29) is 6.09 Å². The van der Waals surface area contributed by atoms with Crippen LogP contribution in [0.2, 0.25) is 0 Å². The van der Waals surface area contributed by atoms with Crippen molar-refractivity contribution in [1.82, 2.24) is 15.5 Å². The number of hydrogen-bond acceptors (Lipinski definition) is 4. The number of ether oxygens (including phenoxy) is 1. The number of carbonyl (C=O) groups is 1. The molecule has 2 heterocycles. The van der Waals surface area contributed by atoms with Crippen LogP contribution in [0.25, 0.3) is 0 Å². The van der Waals surface area contributed by atoms with E-state index in [1.807, 2.05) is 25.7 Å². The molecule has 0 aromatic heterocycles. The Labute approximate surface area is 128 Å². The molecule has 0 aliphatic carbocycles. The Morgan fingerprint density at radius 3 is 2.38 bits per heavy atom. The number of likely N-dealkylation sites (tertiary alicyclic amines) is 1. The monoisotopic (exact) mass is 297 g/mol. The van der Waals surface area contributed by atoms with Gasteiger partial charge in [0.25, 0.3) is 0 Å². The Hall–Kier alpha value is -0.810. The second kappa shape index (κ2) is 7.45. The molecule has 2 aliphatic heterocycles. The SMILES string of the molecule is CC(C)(C)OC(=O)N1CCC(NCC2CCNCC2)CC1. The zero-order valence-electron chi connectivity index (χ0n) is 13.8. The number of nitrogens with zero attached hydrogens (tertiary/aromatic N) is 1. The highest BCUT2D eigenvalue weighted by atomic mass is 16.6. The molecule has 0 unspecified atom stereocenters. The minimum atomic E-state index is -0.402. The van der Waals surface area contributed by atoms with E-state index in [0.29, 0.717) is 6.04 Å². The van der Waals surface area contributed by atoms with Gasteiger partial charge in [-0.1, -0.05) is 0 Å². The largest absolute Gasteiger partial charge is 0.444 e. The van der Waals surface area contributed by atoms with Crippen molar-refractivity contribution in [3.8, 4) is 0 Å². The molecule has 0 bridgehead atoms. The number of amides is 1. The van der Waals surface area contributed by atoms with E-state index in [1.165, 1.54) is 12.8 Å². The van der Waals surface area contributed by atoms with Crippen molar-refractivity contribution in [2.75, 3.05) is 32.7 Å². The van der Waals surface area contributed by atoms with E-state index >= 15 is 0 Å². The maximum Gasteiger partial charge on any atom is 0.410 e. The van der Waals surface area contributed by atoms with Crippen LogP contribution < -0.4 is 10.6 Å². The van der Waals surface area contributed by atoms with E-state index in [2.05, 4.69) is 10.6 Å². The molecule has 0 aromatic rings. The fourth-order valence-corrected chi connectivity index (χ4v) is 3.01. The molecule has 0 radical (unpaired) electrons. The maximum atomic E-state index is 12.0. The van der Waals surface area contributed by atoms with Gasteiger partial charge in [-0.25, -0.2) is 4.79 Å². The Morgan fingerprint density at radius 2 is 1.81 bits per heavy atom. The fraction of sp³-hybridized carbons (Fsp3) is 0.938. The van der Waals surface area contributed by atoms with Crippen LogP contribution in [0, 0.1) is 5.92 Å². The molecule has 2 N–H and O–H groups in total. The lowest BCUT2D eigenvalue weighted by Gasteiger charge is -2.34. The predicted octanol–water partition coefficient (Wildman–Crippen LogP) is 1.98. The lowest BCUT2D eigenvalue weighted by Crippen LogP contribution is -2.47. The van der Waals surface area contributed by atoms with Gasteiger partial charge in [-0.2, -0.15) is 0 Å². The molecule has 21 heavy (non-hydrogen) atoms. The van der Waals surface area contributed by atoms with Crippen molar-refractivity contribution < 1.29 is 9.53 Å². The van der Waals surface area contributed by atoms with Crippen LogP contribution >= 0.6 is 0 Å². The topological polar surface area (TPSA) is 53.6 Å². The first-order valence-electron chi connectivity index (χ1n) is 8.36. The lowest BCUT2D eigenvalue weighted by molar-refractivity contribution is 0.0197. The zero-order valence-corrected chi connectivity index (χ0v) is 13.8. The van der Waals surface area contributed by atoms with Crippen LogP contribution in [0.15, 0.2) is 0 Å². The summed E-state index contributed by atoms with van der Waals surface area (Å²) in [6.07, 6.45) is 4.46. The molecule has 0 atom stereocenters. The summed E-state index contributed by atoms with van der Waals surface area (Å²) in [6.45, 7) is 10.8. The lowest BCUT2D eigenvalue weighted by atomic mass is 9.97.